The Morgan fingerprint density at radius 1 is 0.753 bits per heavy atom. The number of nitrogens with one attached hydrogen (secondary N) is 3. The Morgan fingerprint density at radius 2 is 1.35 bits per heavy atom. The van der Waals surface area contributed by atoms with Crippen molar-refractivity contribution in [3.63, 3.8) is 0 Å². The molecule has 0 spiro atoms. The molecule has 1 aromatic carbocycles. The molecule has 1 saturated carbocycles. The van der Waals surface area contributed by atoms with Gasteiger partial charge in [-0.3, -0.25) is 33.7 Å². The number of aryl methyl sites for hydroxylation is 1. The van der Waals surface area contributed by atoms with Crippen molar-refractivity contribution in [2.45, 2.75) is 105 Å². The average molecular weight is 1360 g/mol. The summed E-state index contributed by atoms with van der Waals surface area (Å²) in [5.41, 5.74) is 1.77. The number of pyridine rings is 2. The number of ether oxygens (including phenoxy) is 12. The van der Waals surface area contributed by atoms with Gasteiger partial charge in [-0.2, -0.15) is 0 Å². The molecule has 4 N–H and O–H groups in total. The number of carbonyl (C=O) groups excluding carboxylic acids is 7. The standard InChI is InChI=1S/C65H90BN9O22/c1-6-48-49-33-47(97-66(5)84)11-12-53(49)70-60-50(48)38-74-55(60)34-52-51(62(74)81)39-94-63(82)65(52,4)96-64(83)95-40-54(43(2)3)69-57(77)42-93-41-56(76)67-15-17-85-19-21-87-23-25-89-27-29-91-31-32-92-30-28-90-26-24-88-22-20-86-18-16-73-37-46(71-72-73)35-68-61(80)45-9-7-44(8-10-45)36-75-58(78)13-14-59(75)79/h11-14,33-34,37,43-45,54,84H,6-10,15-32,35-36,38-42H2,1-5H3,(H,67,76)(H,68,80)(H,69,77). The van der Waals surface area contributed by atoms with Crippen molar-refractivity contribution in [3.8, 4) is 17.1 Å². The van der Waals surface area contributed by atoms with Crippen LogP contribution in [0.15, 0.2) is 47.4 Å². The Bertz CT molecular complexity index is 3380. The molecule has 6 heterocycles. The summed E-state index contributed by atoms with van der Waals surface area (Å²) in [6.45, 7) is 14.6. The van der Waals surface area contributed by atoms with Gasteiger partial charge >= 0.3 is 19.2 Å². The monoisotopic (exact) mass is 1360 g/mol. The third kappa shape index (κ3) is 22.4. The lowest BCUT2D eigenvalue weighted by molar-refractivity contribution is -0.172. The molecule has 3 aromatic heterocycles. The fraction of sp³-hybridized carbons (Fsp3) is 0.615. The van der Waals surface area contributed by atoms with Gasteiger partial charge in [0.2, 0.25) is 23.3 Å². The molecule has 1 fully saturated rings. The lowest BCUT2D eigenvalue weighted by Gasteiger charge is -2.33. The van der Waals surface area contributed by atoms with Gasteiger partial charge in [0, 0.05) is 47.7 Å². The summed E-state index contributed by atoms with van der Waals surface area (Å²) in [5.74, 6) is -2.18. The van der Waals surface area contributed by atoms with Crippen molar-refractivity contribution >= 4 is 59.7 Å². The molecule has 31 nitrogen and oxygen atoms in total. The van der Waals surface area contributed by atoms with Gasteiger partial charge < -0.3 is 87.0 Å². The minimum Gasteiger partial charge on any atom is -0.536 e. The second kappa shape index (κ2) is 38.4. The van der Waals surface area contributed by atoms with Crippen LogP contribution in [0.1, 0.15) is 81.3 Å². The van der Waals surface area contributed by atoms with Crippen LogP contribution >= 0.6 is 0 Å². The Morgan fingerprint density at radius 3 is 1.95 bits per heavy atom. The number of hydrogen-bond acceptors (Lipinski definition) is 25. The van der Waals surface area contributed by atoms with E-state index in [1.54, 1.807) is 53.6 Å². The van der Waals surface area contributed by atoms with E-state index in [1.165, 1.54) is 30.8 Å². The summed E-state index contributed by atoms with van der Waals surface area (Å²) < 4.78 is 74.9. The highest BCUT2D eigenvalue weighted by molar-refractivity contribution is 6.41. The smallest absolute Gasteiger partial charge is 0.519 e. The molecule has 32 heteroatoms. The fourth-order valence-corrected chi connectivity index (χ4v) is 11.3. The van der Waals surface area contributed by atoms with E-state index in [9.17, 15) is 43.4 Å². The Labute approximate surface area is 562 Å². The van der Waals surface area contributed by atoms with Gasteiger partial charge in [-0.25, -0.2) is 19.3 Å². The number of aromatic nitrogens is 5. The van der Waals surface area contributed by atoms with E-state index in [2.05, 4.69) is 26.3 Å². The molecule has 0 radical (unpaired) electrons. The molecule has 3 aliphatic heterocycles. The van der Waals surface area contributed by atoms with Crippen LogP contribution in [0.25, 0.3) is 22.3 Å². The summed E-state index contributed by atoms with van der Waals surface area (Å²) >= 11 is 0. The number of carbonyl (C=O) groups is 7. The Kier molecular flexibility index (Phi) is 29.7. The fourth-order valence-electron chi connectivity index (χ4n) is 11.3. The molecule has 97 heavy (non-hydrogen) atoms. The van der Waals surface area contributed by atoms with Gasteiger partial charge in [0.05, 0.1) is 160 Å². The lowest BCUT2D eigenvalue weighted by Crippen LogP contribution is -2.47. The third-order valence-electron chi connectivity index (χ3n) is 16.6. The predicted octanol–water partition coefficient (Wildman–Crippen LogP) is 1.95. The van der Waals surface area contributed by atoms with E-state index < -0.39 is 61.5 Å². The van der Waals surface area contributed by atoms with Gasteiger partial charge in [-0.1, -0.05) is 26.0 Å². The topological polar surface area (TPSA) is 365 Å². The van der Waals surface area contributed by atoms with Crippen LogP contribution in [0.4, 0.5) is 4.79 Å². The predicted molar refractivity (Wildman–Crippen MR) is 344 cm³/mol. The molecule has 0 bridgehead atoms. The molecule has 8 rings (SSSR count). The first-order valence-corrected chi connectivity index (χ1v) is 33.0. The van der Waals surface area contributed by atoms with Gasteiger partial charge in [0.1, 0.15) is 37.9 Å². The second-order valence-electron chi connectivity index (χ2n) is 23.9. The summed E-state index contributed by atoms with van der Waals surface area (Å²) in [7, 11) is -1.02. The van der Waals surface area contributed by atoms with Crippen LogP contribution in [0, 0.1) is 17.8 Å². The highest BCUT2D eigenvalue weighted by Gasteiger charge is 2.49. The quantitative estimate of drug-likeness (QED) is 0.0187. The summed E-state index contributed by atoms with van der Waals surface area (Å²) in [5, 5.41) is 27.2. The van der Waals surface area contributed by atoms with Crippen LogP contribution in [0.2, 0.25) is 6.82 Å². The van der Waals surface area contributed by atoms with Crippen molar-refractivity contribution in [1.82, 2.24) is 45.4 Å². The number of nitrogens with zero attached hydrogens (tertiary/aromatic N) is 6. The molecule has 0 saturated heterocycles. The number of imide groups is 1. The number of amides is 5. The third-order valence-corrected chi connectivity index (χ3v) is 16.6. The summed E-state index contributed by atoms with van der Waals surface area (Å²) in [6.07, 6.45) is 6.72. The first-order valence-electron chi connectivity index (χ1n) is 33.0. The lowest BCUT2D eigenvalue weighted by atomic mass is 9.81. The van der Waals surface area contributed by atoms with E-state index in [0.717, 1.165) is 29.4 Å². The molecule has 4 aliphatic rings. The second-order valence-corrected chi connectivity index (χ2v) is 23.9. The maximum Gasteiger partial charge on any atom is 0.519 e. The van der Waals surface area contributed by atoms with Crippen LogP contribution in [-0.4, -0.2) is 228 Å². The van der Waals surface area contributed by atoms with Gasteiger partial charge in [0.25, 0.3) is 17.4 Å². The first-order chi connectivity index (χ1) is 46.9. The molecular weight excluding hydrogens is 1270 g/mol. The van der Waals surface area contributed by atoms with Crippen molar-refractivity contribution in [1.29, 1.82) is 0 Å². The maximum atomic E-state index is 14.1. The number of cyclic esters (lactones) is 1. The highest BCUT2D eigenvalue weighted by Crippen LogP contribution is 2.41. The zero-order valence-electron chi connectivity index (χ0n) is 55.8. The van der Waals surface area contributed by atoms with Crippen LogP contribution < -0.4 is 26.2 Å². The maximum absolute atomic E-state index is 14.1. The molecule has 4 aromatic rings. The van der Waals surface area contributed by atoms with Crippen LogP contribution in [0.3, 0.4) is 0 Å². The van der Waals surface area contributed by atoms with E-state index in [-0.39, 0.29) is 86.1 Å². The van der Waals surface area contributed by atoms with E-state index in [4.69, 9.17) is 66.5 Å². The minimum atomic E-state index is -2.07. The van der Waals surface area contributed by atoms with E-state index in [1.807, 2.05) is 6.92 Å². The summed E-state index contributed by atoms with van der Waals surface area (Å²) in [6, 6.07) is 6.18. The SMILES string of the molecule is CCc1c2c(nc3ccc(OB(C)O)cc13)-c1cc3c(c(=O)n1C2)COC(=O)C3(C)OC(=O)OCC(NC(=O)COCC(=O)NCCOCCOCCOCCOCCOCCOCCOCCOCCn1cc(CNC(=O)C2CCC(CN3C(=O)C=CC3=O)CC2)nn1)C(C)C. The molecular formula is C65H90BN9O22. The van der Waals surface area contributed by atoms with Crippen molar-refractivity contribution in [3.05, 3.63) is 80.9 Å². The number of benzene rings is 1. The largest absolute Gasteiger partial charge is 0.536 e. The van der Waals surface area contributed by atoms with Gasteiger partial charge in [0.15, 0.2) is 0 Å². The summed E-state index contributed by atoms with van der Waals surface area (Å²) in [4.78, 5) is 109. The molecule has 1 aliphatic carbocycles. The minimum absolute atomic E-state index is 0.0265. The van der Waals surface area contributed by atoms with Crippen molar-refractivity contribution in [2.75, 3.05) is 139 Å². The van der Waals surface area contributed by atoms with Crippen molar-refractivity contribution < 1.29 is 100 Å². The first kappa shape index (κ1) is 75.0. The van der Waals surface area contributed by atoms with Crippen LogP contribution in [0.5, 0.6) is 5.75 Å². The highest BCUT2D eigenvalue weighted by atomic mass is 16.7. The molecule has 2 atom stereocenters. The van der Waals surface area contributed by atoms with Crippen molar-refractivity contribution in [2.24, 2.45) is 17.8 Å². The Balaban J connectivity index is 0.560. The number of rotatable bonds is 44. The van der Waals surface area contributed by atoms with E-state index >= 15 is 0 Å². The number of esters is 1. The zero-order chi connectivity index (χ0) is 69.1. The van der Waals surface area contributed by atoms with Gasteiger partial charge in [-0.05, 0) is 87.5 Å². The van der Waals surface area contributed by atoms with E-state index in [0.29, 0.717) is 160 Å². The van der Waals surface area contributed by atoms with Gasteiger partial charge in [-0.15, -0.1) is 5.10 Å². The molecule has 530 valence electrons. The Hall–Kier alpha value is -7.79. The zero-order valence-corrected chi connectivity index (χ0v) is 55.8. The number of fused-ring (bicyclic) bond motifs is 5. The number of hydrogen-bond donors (Lipinski definition) is 4. The normalized spacial score (nSPS) is 17.4. The molecule has 2 unspecified atom stereocenters. The molecule has 5 amide bonds. The average Bonchev–Trinajstić information content (AvgIpc) is 1.61. The van der Waals surface area contributed by atoms with Crippen LogP contribution in [-0.2, 0) is 124 Å².